The van der Waals surface area contributed by atoms with Crippen molar-refractivity contribution >= 4 is 27.5 Å². The predicted octanol–water partition coefficient (Wildman–Crippen LogP) is 3.31. The lowest BCUT2D eigenvalue weighted by molar-refractivity contribution is 0.351. The number of nitrogens with two attached hydrogens (primary N) is 1. The standard InChI is InChI=1S/C10H11BrClN/c11-7-1-2-9(10(12)5-7)6-3-8(13)4-6/h1-2,5-6,8H,3-4,13H2. The van der Waals surface area contributed by atoms with Gasteiger partial charge in [0.15, 0.2) is 0 Å². The van der Waals surface area contributed by atoms with Gasteiger partial charge in [0.05, 0.1) is 0 Å². The number of hydrogen-bond donors (Lipinski definition) is 1. The summed E-state index contributed by atoms with van der Waals surface area (Å²) in [6, 6.07) is 6.44. The van der Waals surface area contributed by atoms with E-state index in [-0.39, 0.29) is 0 Å². The quantitative estimate of drug-likeness (QED) is 0.824. The van der Waals surface area contributed by atoms with E-state index in [4.69, 9.17) is 17.3 Å². The third-order valence-electron chi connectivity index (χ3n) is 2.58. The van der Waals surface area contributed by atoms with Crippen molar-refractivity contribution in [2.24, 2.45) is 5.73 Å². The van der Waals surface area contributed by atoms with Crippen LogP contribution in [-0.4, -0.2) is 6.04 Å². The van der Waals surface area contributed by atoms with Gasteiger partial charge in [0.25, 0.3) is 0 Å². The fourth-order valence-electron chi connectivity index (χ4n) is 1.75. The van der Waals surface area contributed by atoms with Crippen molar-refractivity contribution in [3.63, 3.8) is 0 Å². The van der Waals surface area contributed by atoms with E-state index in [0.717, 1.165) is 22.3 Å². The molecule has 3 heteroatoms. The van der Waals surface area contributed by atoms with Gasteiger partial charge in [-0.15, -0.1) is 0 Å². The smallest absolute Gasteiger partial charge is 0.0452 e. The molecule has 1 nitrogen and oxygen atoms in total. The van der Waals surface area contributed by atoms with Crippen LogP contribution in [0.1, 0.15) is 24.3 Å². The molecule has 0 atom stereocenters. The molecule has 2 rings (SSSR count). The molecule has 1 aromatic carbocycles. The first-order chi connectivity index (χ1) is 6.16. The summed E-state index contributed by atoms with van der Waals surface area (Å²) in [5.41, 5.74) is 6.98. The molecule has 0 spiro atoms. The average Bonchev–Trinajstić information content (AvgIpc) is 2.00. The van der Waals surface area contributed by atoms with E-state index >= 15 is 0 Å². The van der Waals surface area contributed by atoms with Crippen LogP contribution in [-0.2, 0) is 0 Å². The Morgan fingerprint density at radius 3 is 2.62 bits per heavy atom. The molecule has 1 saturated carbocycles. The Balaban J connectivity index is 2.21. The van der Waals surface area contributed by atoms with Gasteiger partial charge in [-0.2, -0.15) is 0 Å². The molecule has 0 radical (unpaired) electrons. The minimum absolute atomic E-state index is 0.379. The highest BCUT2D eigenvalue weighted by atomic mass is 79.9. The van der Waals surface area contributed by atoms with Crippen molar-refractivity contribution in [3.05, 3.63) is 33.3 Å². The summed E-state index contributed by atoms with van der Waals surface area (Å²) in [4.78, 5) is 0. The second-order valence-electron chi connectivity index (χ2n) is 3.59. The largest absolute Gasteiger partial charge is 0.328 e. The summed E-state index contributed by atoms with van der Waals surface area (Å²) in [6.45, 7) is 0. The van der Waals surface area contributed by atoms with E-state index in [1.807, 2.05) is 12.1 Å². The van der Waals surface area contributed by atoms with Gasteiger partial charge in [-0.25, -0.2) is 0 Å². The summed E-state index contributed by atoms with van der Waals surface area (Å²) >= 11 is 9.50. The van der Waals surface area contributed by atoms with E-state index in [2.05, 4.69) is 22.0 Å². The van der Waals surface area contributed by atoms with Crippen molar-refractivity contribution in [1.29, 1.82) is 0 Å². The normalized spacial score (nSPS) is 27.0. The SMILES string of the molecule is NC1CC(c2ccc(Br)cc2Cl)C1. The molecule has 2 N–H and O–H groups in total. The Bertz CT molecular complexity index is 321. The lowest BCUT2D eigenvalue weighted by Crippen LogP contribution is -2.34. The molecule has 0 aliphatic heterocycles. The molecule has 13 heavy (non-hydrogen) atoms. The second kappa shape index (κ2) is 3.60. The van der Waals surface area contributed by atoms with E-state index < -0.39 is 0 Å². The van der Waals surface area contributed by atoms with E-state index in [1.165, 1.54) is 5.56 Å². The minimum Gasteiger partial charge on any atom is -0.328 e. The second-order valence-corrected chi connectivity index (χ2v) is 4.92. The maximum atomic E-state index is 6.11. The minimum atomic E-state index is 0.379. The molecule has 1 fully saturated rings. The molecule has 0 bridgehead atoms. The maximum Gasteiger partial charge on any atom is 0.0452 e. The Hall–Kier alpha value is -0.0500. The van der Waals surface area contributed by atoms with Gasteiger partial charge in [-0.05, 0) is 36.5 Å². The highest BCUT2D eigenvalue weighted by molar-refractivity contribution is 9.10. The van der Waals surface area contributed by atoms with Crippen LogP contribution in [0.4, 0.5) is 0 Å². The summed E-state index contributed by atoms with van der Waals surface area (Å²) in [5, 5.41) is 0.853. The third-order valence-corrected chi connectivity index (χ3v) is 3.40. The highest BCUT2D eigenvalue weighted by Gasteiger charge is 2.28. The Morgan fingerprint density at radius 2 is 2.08 bits per heavy atom. The summed E-state index contributed by atoms with van der Waals surface area (Å²) in [6.07, 6.45) is 2.14. The van der Waals surface area contributed by atoms with Crippen molar-refractivity contribution in [2.75, 3.05) is 0 Å². The van der Waals surface area contributed by atoms with Gasteiger partial charge < -0.3 is 5.73 Å². The lowest BCUT2D eigenvalue weighted by atomic mass is 9.76. The highest BCUT2D eigenvalue weighted by Crippen LogP contribution is 2.39. The summed E-state index contributed by atoms with van der Waals surface area (Å²) in [5.74, 6) is 0.579. The van der Waals surface area contributed by atoms with Gasteiger partial charge in [0, 0.05) is 15.5 Å². The zero-order valence-electron chi connectivity index (χ0n) is 7.13. The van der Waals surface area contributed by atoms with Crippen LogP contribution >= 0.6 is 27.5 Å². The molecule has 1 aliphatic rings. The zero-order valence-corrected chi connectivity index (χ0v) is 9.48. The van der Waals surface area contributed by atoms with E-state index in [0.29, 0.717) is 12.0 Å². The van der Waals surface area contributed by atoms with Crippen LogP contribution in [0.15, 0.2) is 22.7 Å². The first kappa shape index (κ1) is 9.50. The first-order valence-electron chi connectivity index (χ1n) is 4.37. The van der Waals surface area contributed by atoms with Crippen molar-refractivity contribution in [1.82, 2.24) is 0 Å². The molecule has 0 unspecified atom stereocenters. The number of hydrogen-bond acceptors (Lipinski definition) is 1. The summed E-state index contributed by atoms with van der Waals surface area (Å²) in [7, 11) is 0. The fraction of sp³-hybridized carbons (Fsp3) is 0.400. The van der Waals surface area contributed by atoms with Gasteiger partial charge in [-0.3, -0.25) is 0 Å². The maximum absolute atomic E-state index is 6.11. The van der Waals surface area contributed by atoms with Crippen molar-refractivity contribution in [2.45, 2.75) is 24.8 Å². The van der Waals surface area contributed by atoms with E-state index in [9.17, 15) is 0 Å². The first-order valence-corrected chi connectivity index (χ1v) is 5.54. The zero-order chi connectivity index (χ0) is 9.42. The van der Waals surface area contributed by atoms with Crippen LogP contribution < -0.4 is 5.73 Å². The summed E-state index contributed by atoms with van der Waals surface area (Å²) < 4.78 is 1.03. The lowest BCUT2D eigenvalue weighted by Gasteiger charge is -2.33. The van der Waals surface area contributed by atoms with Gasteiger partial charge in [0.1, 0.15) is 0 Å². The van der Waals surface area contributed by atoms with Gasteiger partial charge >= 0.3 is 0 Å². The van der Waals surface area contributed by atoms with Gasteiger partial charge in [0.2, 0.25) is 0 Å². The van der Waals surface area contributed by atoms with Crippen LogP contribution in [0.25, 0.3) is 0 Å². The Morgan fingerprint density at radius 1 is 1.38 bits per heavy atom. The molecule has 0 amide bonds. The molecule has 0 heterocycles. The molecular formula is C10H11BrClN. The van der Waals surface area contributed by atoms with E-state index in [1.54, 1.807) is 0 Å². The monoisotopic (exact) mass is 259 g/mol. The fourth-order valence-corrected chi connectivity index (χ4v) is 2.58. The average molecular weight is 261 g/mol. The molecular weight excluding hydrogens is 249 g/mol. The topological polar surface area (TPSA) is 26.0 Å². The van der Waals surface area contributed by atoms with Crippen LogP contribution in [0.5, 0.6) is 0 Å². The molecule has 1 aromatic rings. The Kier molecular flexibility index (Phi) is 2.63. The van der Waals surface area contributed by atoms with Crippen molar-refractivity contribution in [3.8, 4) is 0 Å². The third kappa shape index (κ3) is 1.90. The molecule has 1 aliphatic carbocycles. The Labute approximate surface area is 91.4 Å². The molecule has 70 valence electrons. The van der Waals surface area contributed by atoms with Crippen LogP contribution in [0.2, 0.25) is 5.02 Å². The van der Waals surface area contributed by atoms with Crippen molar-refractivity contribution < 1.29 is 0 Å². The van der Waals surface area contributed by atoms with Crippen LogP contribution in [0, 0.1) is 0 Å². The molecule has 0 saturated heterocycles. The van der Waals surface area contributed by atoms with Gasteiger partial charge in [-0.1, -0.05) is 33.6 Å². The number of halogens is 2. The molecule has 0 aromatic heterocycles. The number of rotatable bonds is 1. The number of benzene rings is 1. The van der Waals surface area contributed by atoms with Crippen LogP contribution in [0.3, 0.4) is 0 Å². The predicted molar refractivity (Wildman–Crippen MR) is 59.1 cm³/mol.